The third-order valence-electron chi connectivity index (χ3n) is 9.09. The molecule has 4 nitrogen and oxygen atoms in total. The number of rotatable bonds is 34. The molecule has 0 N–H and O–H groups in total. The molecule has 0 amide bonds. The van der Waals surface area contributed by atoms with Crippen LogP contribution in [0.4, 0.5) is 0 Å². The van der Waals surface area contributed by atoms with Crippen LogP contribution in [-0.4, -0.2) is 52.8 Å². The van der Waals surface area contributed by atoms with Gasteiger partial charge in [-0.25, -0.2) is 0 Å². The van der Waals surface area contributed by atoms with E-state index in [1.54, 1.807) is 0 Å². The summed E-state index contributed by atoms with van der Waals surface area (Å²) in [5.41, 5.74) is -0.555. The monoisotopic (exact) mass is 778 g/mol. The molecule has 0 aliphatic carbocycles. The molecule has 0 saturated heterocycles. The van der Waals surface area contributed by atoms with Crippen molar-refractivity contribution in [3.8, 4) is 0 Å². The summed E-state index contributed by atoms with van der Waals surface area (Å²) >= 11 is 8.65. The molecule has 0 fully saturated rings. The molecule has 0 spiro atoms. The van der Waals surface area contributed by atoms with E-state index in [0.717, 1.165) is 64.2 Å². The van der Waals surface area contributed by atoms with Gasteiger partial charge in [0, 0.05) is 0 Å². The van der Waals surface area contributed by atoms with Crippen molar-refractivity contribution in [2.24, 2.45) is 5.41 Å². The molecule has 7 heteroatoms. The molecule has 266 valence electrons. The van der Waals surface area contributed by atoms with Crippen LogP contribution in [0.25, 0.3) is 0 Å². The van der Waals surface area contributed by atoms with Gasteiger partial charge in [0.25, 0.3) is 0 Å². The summed E-state index contributed by atoms with van der Waals surface area (Å²) in [5, 5.41) is 0. The number of hydrogen-bond donors (Lipinski definition) is 2. The van der Waals surface area contributed by atoms with Crippen molar-refractivity contribution in [1.29, 1.82) is 0 Å². The number of carbonyl (C=O) groups excluding carboxylic acids is 2. The Kier molecular flexibility index (Phi) is 33.3. The van der Waals surface area contributed by atoms with Crippen LogP contribution < -0.4 is 0 Å². The Balaban J connectivity index is 4.60. The number of unbranched alkanes of at least 4 members (excludes halogenated alkanes) is 20. The third kappa shape index (κ3) is 25.1. The SMILES string of the molecule is CCCCCCCCCCCCOC(=O)C[CH](S)[Sn][CH](S)C(CCCC)(CCCC)C(=O)OCCCCCCCCCCCC. The van der Waals surface area contributed by atoms with E-state index in [9.17, 15) is 9.59 Å². The van der Waals surface area contributed by atoms with Crippen LogP contribution in [0.15, 0.2) is 0 Å². The zero-order chi connectivity index (χ0) is 33.4. The van der Waals surface area contributed by atoms with E-state index in [-0.39, 0.29) is 18.5 Å². The molecule has 0 aromatic carbocycles. The number of carbonyl (C=O) groups is 2. The fraction of sp³-hybridized carbons (Fsp3) is 0.947. The summed E-state index contributed by atoms with van der Waals surface area (Å²) in [6, 6.07) is 0. The average molecular weight is 778 g/mol. The summed E-state index contributed by atoms with van der Waals surface area (Å²) < 4.78 is 11.5. The molecule has 0 heterocycles. The van der Waals surface area contributed by atoms with Gasteiger partial charge in [-0.3, -0.25) is 0 Å². The fourth-order valence-electron chi connectivity index (χ4n) is 5.99. The smallest absolute Gasteiger partial charge is 0.0654 e. The van der Waals surface area contributed by atoms with Gasteiger partial charge in [0.1, 0.15) is 0 Å². The molecule has 45 heavy (non-hydrogen) atoms. The van der Waals surface area contributed by atoms with Crippen molar-refractivity contribution in [3.63, 3.8) is 0 Å². The van der Waals surface area contributed by atoms with Crippen LogP contribution in [0.2, 0.25) is 0 Å². The van der Waals surface area contributed by atoms with Crippen LogP contribution in [0, 0.1) is 5.41 Å². The molecule has 2 radical (unpaired) electrons. The number of hydrogen-bond acceptors (Lipinski definition) is 6. The van der Waals surface area contributed by atoms with Gasteiger partial charge in [0.05, 0.1) is 0 Å². The molecule has 0 aromatic heterocycles. The summed E-state index contributed by atoms with van der Waals surface area (Å²) in [7, 11) is 0. The summed E-state index contributed by atoms with van der Waals surface area (Å²) in [6.45, 7) is 9.90. The van der Waals surface area contributed by atoms with E-state index in [1.807, 2.05) is 0 Å². The van der Waals surface area contributed by atoms with Crippen LogP contribution in [-0.2, 0) is 19.1 Å². The second-order valence-electron chi connectivity index (χ2n) is 13.4. The Hall–Kier alpha value is 0.439. The summed E-state index contributed by atoms with van der Waals surface area (Å²) in [6.07, 6.45) is 31.3. The van der Waals surface area contributed by atoms with Gasteiger partial charge in [0.15, 0.2) is 0 Å². The molecule has 0 aliphatic rings. The minimum atomic E-state index is -1.31. The number of thiol groups is 2. The quantitative estimate of drug-likeness (QED) is 0.0296. The Morgan fingerprint density at radius 1 is 0.533 bits per heavy atom. The first-order valence-corrected chi connectivity index (χ1v) is 23.7. The molecular weight excluding hydrogens is 703 g/mol. The van der Waals surface area contributed by atoms with Crippen molar-refractivity contribution < 1.29 is 19.1 Å². The Morgan fingerprint density at radius 2 is 0.889 bits per heavy atom. The van der Waals surface area contributed by atoms with Gasteiger partial charge in [-0.05, 0) is 0 Å². The van der Waals surface area contributed by atoms with E-state index in [0.29, 0.717) is 19.6 Å². The normalized spacial score (nSPS) is 13.1. The predicted octanol–water partition coefficient (Wildman–Crippen LogP) is 11.9. The van der Waals surface area contributed by atoms with Crippen LogP contribution in [0.3, 0.4) is 0 Å². The predicted molar refractivity (Wildman–Crippen MR) is 203 cm³/mol. The van der Waals surface area contributed by atoms with Crippen molar-refractivity contribution in [2.75, 3.05) is 13.2 Å². The maximum atomic E-state index is 13.7. The molecule has 0 aromatic rings. The molecule has 0 aliphatic heterocycles. The van der Waals surface area contributed by atoms with Crippen molar-refractivity contribution in [2.45, 2.75) is 208 Å². The average Bonchev–Trinajstić information content (AvgIpc) is 3.02. The molecule has 2 atom stereocenters. The Bertz CT molecular complexity index is 670. The fourth-order valence-corrected chi connectivity index (χ4v) is 13.4. The molecule has 0 saturated carbocycles. The van der Waals surface area contributed by atoms with Gasteiger partial charge >= 0.3 is 251 Å². The van der Waals surface area contributed by atoms with Crippen molar-refractivity contribution in [1.82, 2.24) is 0 Å². The van der Waals surface area contributed by atoms with E-state index < -0.39 is 26.6 Å². The van der Waals surface area contributed by atoms with Gasteiger partial charge < -0.3 is 0 Å². The Labute approximate surface area is 301 Å². The molecular formula is C38H74O4S2Sn. The second kappa shape index (κ2) is 33.0. The van der Waals surface area contributed by atoms with Crippen LogP contribution in [0.1, 0.15) is 201 Å². The Morgan fingerprint density at radius 3 is 1.29 bits per heavy atom. The van der Waals surface area contributed by atoms with Gasteiger partial charge in [-0.1, -0.05) is 52.4 Å². The van der Waals surface area contributed by atoms with Crippen LogP contribution >= 0.6 is 25.3 Å². The summed E-state index contributed by atoms with van der Waals surface area (Å²) in [5.74, 6) is -0.200. The first-order chi connectivity index (χ1) is 21.9. The van der Waals surface area contributed by atoms with E-state index in [1.165, 1.54) is 103 Å². The molecule has 2 unspecified atom stereocenters. The summed E-state index contributed by atoms with van der Waals surface area (Å²) in [4.78, 5) is 26.3. The van der Waals surface area contributed by atoms with Gasteiger partial charge in [-0.2, -0.15) is 0 Å². The number of ether oxygens (including phenoxy) is 2. The van der Waals surface area contributed by atoms with E-state index >= 15 is 0 Å². The van der Waals surface area contributed by atoms with Gasteiger partial charge in [0.2, 0.25) is 0 Å². The topological polar surface area (TPSA) is 52.6 Å². The molecule has 0 rings (SSSR count). The third-order valence-corrected chi connectivity index (χ3v) is 15.9. The second-order valence-corrected chi connectivity index (χ2v) is 21.9. The maximum absolute atomic E-state index is 13.7. The van der Waals surface area contributed by atoms with E-state index in [2.05, 4.69) is 27.7 Å². The minimum Gasteiger partial charge on any atom is -0.0654 e. The van der Waals surface area contributed by atoms with E-state index in [4.69, 9.17) is 34.7 Å². The first kappa shape index (κ1) is 45.4. The van der Waals surface area contributed by atoms with Gasteiger partial charge in [-0.15, -0.1) is 0 Å². The number of esters is 2. The zero-order valence-corrected chi connectivity index (χ0v) is 34.8. The first-order valence-electron chi connectivity index (χ1n) is 19.3. The standard InChI is InChI=1S/C23H45O2S.C15H29O2S.Sn/c1-4-7-10-11-12-13-14-15-16-17-20-25-22(24)23(21-26,18-8-5-2)19-9-6-3;1-2-3-4-5-6-7-8-9-10-11-13-17-15(16)12-14-18;/h21,26H,4-20H2,1-3H3;14,18H,2-13H2,1H3;. The van der Waals surface area contributed by atoms with Crippen molar-refractivity contribution in [3.05, 3.63) is 0 Å². The minimum absolute atomic E-state index is 0.0197. The van der Waals surface area contributed by atoms with Crippen LogP contribution in [0.5, 0.6) is 0 Å². The van der Waals surface area contributed by atoms with Crippen molar-refractivity contribution >= 4 is 58.3 Å². The zero-order valence-electron chi connectivity index (χ0n) is 30.2. The molecule has 0 bridgehead atoms.